The highest BCUT2D eigenvalue weighted by atomic mass is 32.2. The summed E-state index contributed by atoms with van der Waals surface area (Å²) in [5, 5.41) is 5.38. The van der Waals surface area contributed by atoms with Crippen molar-refractivity contribution in [2.24, 2.45) is 0 Å². The highest BCUT2D eigenvalue weighted by Gasteiger charge is 2.24. The van der Waals surface area contributed by atoms with Gasteiger partial charge in [0.25, 0.3) is 5.91 Å². The molecule has 0 saturated carbocycles. The second kappa shape index (κ2) is 10.4. The van der Waals surface area contributed by atoms with Crippen LogP contribution >= 0.6 is 11.8 Å². The minimum Gasteiger partial charge on any atom is -0.452 e. The van der Waals surface area contributed by atoms with Gasteiger partial charge in [0.1, 0.15) is 0 Å². The smallest absolute Gasteiger partial charge is 0.308 e. The monoisotopic (exact) mass is 475 g/mol. The fraction of sp³-hybridized carbons (Fsp3) is 0.192. The van der Waals surface area contributed by atoms with Gasteiger partial charge in [0.2, 0.25) is 5.91 Å². The van der Waals surface area contributed by atoms with Gasteiger partial charge in [-0.3, -0.25) is 14.4 Å². The molecule has 0 fully saturated rings. The molecule has 1 heterocycles. The van der Waals surface area contributed by atoms with Crippen LogP contribution in [-0.4, -0.2) is 30.4 Å². The van der Waals surface area contributed by atoms with Crippen molar-refractivity contribution < 1.29 is 19.1 Å². The first kappa shape index (κ1) is 23.4. The summed E-state index contributed by atoms with van der Waals surface area (Å²) in [5.41, 5.74) is 3.27. The Morgan fingerprint density at radius 2 is 1.38 bits per heavy atom. The van der Waals surface area contributed by atoms with Crippen LogP contribution in [0.2, 0.25) is 0 Å². The minimum absolute atomic E-state index is 0.135. The van der Waals surface area contributed by atoms with Crippen molar-refractivity contribution >= 4 is 52.3 Å². The molecule has 1 unspecified atom stereocenters. The number of nitrogens with one attached hydrogen (secondary N) is 2. The van der Waals surface area contributed by atoms with Gasteiger partial charge in [-0.1, -0.05) is 36.0 Å². The Balaban J connectivity index is 1.33. The molecule has 0 aromatic heterocycles. The molecular weight excluding hydrogens is 450 g/mol. The first-order chi connectivity index (χ1) is 16.4. The number of nitrogens with zero attached hydrogens (tertiary/aromatic N) is 1. The second-order valence-corrected chi connectivity index (χ2v) is 8.90. The molecule has 1 aliphatic rings. The van der Waals surface area contributed by atoms with Gasteiger partial charge in [0.05, 0.1) is 17.8 Å². The topological polar surface area (TPSA) is 87.7 Å². The zero-order chi connectivity index (χ0) is 24.1. The Labute approximate surface area is 202 Å². The first-order valence-corrected chi connectivity index (χ1v) is 11.7. The van der Waals surface area contributed by atoms with Gasteiger partial charge in [-0.05, 0) is 55.5 Å². The largest absolute Gasteiger partial charge is 0.452 e. The Morgan fingerprint density at radius 3 is 1.94 bits per heavy atom. The van der Waals surface area contributed by atoms with Gasteiger partial charge in [-0.15, -0.1) is 0 Å². The van der Waals surface area contributed by atoms with Gasteiger partial charge >= 0.3 is 5.97 Å². The van der Waals surface area contributed by atoms with Crippen molar-refractivity contribution in [1.82, 2.24) is 0 Å². The molecule has 0 bridgehead atoms. The minimum atomic E-state index is -0.945. The van der Waals surface area contributed by atoms with E-state index in [9.17, 15) is 14.4 Å². The summed E-state index contributed by atoms with van der Waals surface area (Å²) >= 11 is 1.71. The van der Waals surface area contributed by atoms with Crippen LogP contribution < -0.4 is 15.5 Å². The van der Waals surface area contributed by atoms with Crippen molar-refractivity contribution in [2.75, 3.05) is 22.1 Å². The Hall–Kier alpha value is -3.78. The van der Waals surface area contributed by atoms with Crippen LogP contribution in [0.4, 0.5) is 22.7 Å². The quantitative estimate of drug-likeness (QED) is 0.456. The number of carbonyl (C=O) groups excluding carboxylic acids is 3. The molecule has 1 atom stereocenters. The van der Waals surface area contributed by atoms with Crippen LogP contribution in [0.1, 0.15) is 20.3 Å². The van der Waals surface area contributed by atoms with E-state index >= 15 is 0 Å². The van der Waals surface area contributed by atoms with E-state index in [0.29, 0.717) is 17.9 Å². The zero-order valence-corrected chi connectivity index (χ0v) is 19.7. The number of esters is 1. The Bertz CT molecular complexity index is 1170. The first-order valence-electron chi connectivity index (χ1n) is 10.9. The molecule has 0 spiro atoms. The van der Waals surface area contributed by atoms with Crippen molar-refractivity contribution in [1.29, 1.82) is 0 Å². The Kier molecular flexibility index (Phi) is 7.18. The summed E-state index contributed by atoms with van der Waals surface area (Å²) in [6.45, 7) is 3.40. The zero-order valence-electron chi connectivity index (χ0n) is 18.9. The van der Waals surface area contributed by atoms with Gasteiger partial charge in [-0.25, -0.2) is 0 Å². The third-order valence-electron chi connectivity index (χ3n) is 5.22. The van der Waals surface area contributed by atoms with Crippen LogP contribution in [-0.2, 0) is 19.1 Å². The van der Waals surface area contributed by atoms with E-state index in [4.69, 9.17) is 4.74 Å². The third kappa shape index (κ3) is 5.58. The SMILES string of the molecule is CC(=O)Nc1ccc(NC(=O)C(C)OC(=O)CCN2c3ccccc3Sc3ccccc32)cc1. The number of ether oxygens (including phenoxy) is 1. The molecule has 1 aliphatic heterocycles. The maximum absolute atomic E-state index is 12.6. The average molecular weight is 476 g/mol. The van der Waals surface area contributed by atoms with Crippen LogP contribution in [0.15, 0.2) is 82.6 Å². The summed E-state index contributed by atoms with van der Waals surface area (Å²) < 4.78 is 5.39. The van der Waals surface area contributed by atoms with E-state index in [1.54, 1.807) is 43.0 Å². The molecule has 3 aromatic rings. The number of rotatable bonds is 7. The molecule has 174 valence electrons. The van der Waals surface area contributed by atoms with E-state index in [1.807, 2.05) is 36.4 Å². The molecule has 2 N–H and O–H groups in total. The summed E-state index contributed by atoms with van der Waals surface area (Å²) in [6.07, 6.45) is -0.810. The lowest BCUT2D eigenvalue weighted by Crippen LogP contribution is -2.31. The molecule has 8 heteroatoms. The van der Waals surface area contributed by atoms with Crippen molar-refractivity contribution in [2.45, 2.75) is 36.2 Å². The predicted molar refractivity (Wildman–Crippen MR) is 134 cm³/mol. The normalized spacial score (nSPS) is 12.7. The van der Waals surface area contributed by atoms with Crippen LogP contribution in [0.3, 0.4) is 0 Å². The predicted octanol–water partition coefficient (Wildman–Crippen LogP) is 5.21. The standard InChI is InChI=1S/C26H25N3O4S/c1-17(26(32)28-20-13-11-19(12-14-20)27-18(2)30)33-25(31)15-16-29-21-7-3-5-9-23(21)34-24-10-6-4-8-22(24)29/h3-14,17H,15-16H2,1-2H3,(H,27,30)(H,28,32). The van der Waals surface area contributed by atoms with Gasteiger partial charge in [0.15, 0.2) is 6.10 Å². The molecule has 0 saturated heterocycles. The van der Waals surface area contributed by atoms with Gasteiger partial charge < -0.3 is 20.3 Å². The highest BCUT2D eigenvalue weighted by Crippen LogP contribution is 2.47. The Morgan fingerprint density at radius 1 is 0.853 bits per heavy atom. The number of anilines is 4. The van der Waals surface area contributed by atoms with E-state index in [0.717, 1.165) is 21.2 Å². The number of para-hydroxylation sites is 2. The van der Waals surface area contributed by atoms with Crippen molar-refractivity contribution in [3.63, 3.8) is 0 Å². The van der Waals surface area contributed by atoms with Crippen LogP contribution in [0, 0.1) is 0 Å². The van der Waals surface area contributed by atoms with Crippen LogP contribution in [0.25, 0.3) is 0 Å². The lowest BCUT2D eigenvalue weighted by Gasteiger charge is -2.32. The molecular formula is C26H25N3O4S. The van der Waals surface area contributed by atoms with Crippen LogP contribution in [0.5, 0.6) is 0 Å². The summed E-state index contributed by atoms with van der Waals surface area (Å²) in [6, 6.07) is 22.9. The van der Waals surface area contributed by atoms with E-state index < -0.39 is 18.0 Å². The lowest BCUT2D eigenvalue weighted by atomic mass is 10.2. The average Bonchev–Trinajstić information content (AvgIpc) is 2.82. The molecule has 34 heavy (non-hydrogen) atoms. The van der Waals surface area contributed by atoms with Crippen molar-refractivity contribution in [3.05, 3.63) is 72.8 Å². The number of hydrogen-bond donors (Lipinski definition) is 2. The third-order valence-corrected chi connectivity index (χ3v) is 6.35. The number of fused-ring (bicyclic) bond motifs is 2. The molecule has 4 rings (SSSR count). The number of hydrogen-bond acceptors (Lipinski definition) is 6. The summed E-state index contributed by atoms with van der Waals surface area (Å²) in [4.78, 5) is 40.5. The second-order valence-electron chi connectivity index (χ2n) is 7.82. The maximum Gasteiger partial charge on any atom is 0.308 e. The maximum atomic E-state index is 12.6. The lowest BCUT2D eigenvalue weighted by molar-refractivity contribution is -0.152. The van der Waals surface area contributed by atoms with E-state index in [1.165, 1.54) is 6.92 Å². The molecule has 0 radical (unpaired) electrons. The van der Waals surface area contributed by atoms with E-state index in [-0.39, 0.29) is 12.3 Å². The van der Waals surface area contributed by atoms with Gasteiger partial charge in [-0.2, -0.15) is 0 Å². The fourth-order valence-electron chi connectivity index (χ4n) is 3.62. The van der Waals surface area contributed by atoms with E-state index in [2.05, 4.69) is 27.7 Å². The number of benzene rings is 3. The number of amides is 2. The van der Waals surface area contributed by atoms with Crippen molar-refractivity contribution in [3.8, 4) is 0 Å². The summed E-state index contributed by atoms with van der Waals surface area (Å²) in [7, 11) is 0. The molecule has 7 nitrogen and oxygen atoms in total. The fourth-order valence-corrected chi connectivity index (χ4v) is 4.71. The highest BCUT2D eigenvalue weighted by molar-refractivity contribution is 7.99. The number of carbonyl (C=O) groups is 3. The molecule has 3 aromatic carbocycles. The molecule has 2 amide bonds. The summed E-state index contributed by atoms with van der Waals surface area (Å²) in [5.74, 6) is -1.05. The van der Waals surface area contributed by atoms with Gasteiger partial charge in [0, 0.05) is 34.6 Å². The molecule has 0 aliphatic carbocycles.